The van der Waals surface area contributed by atoms with E-state index in [-0.39, 0.29) is 42.2 Å². The number of fused-ring (bicyclic) bond motifs is 1. The van der Waals surface area contributed by atoms with Crippen LogP contribution in [0.2, 0.25) is 0 Å². The number of benzene rings is 2. The number of rotatable bonds is 5. The van der Waals surface area contributed by atoms with Crippen molar-refractivity contribution in [3.05, 3.63) is 65.5 Å². The van der Waals surface area contributed by atoms with Gasteiger partial charge in [0.1, 0.15) is 12.4 Å². The van der Waals surface area contributed by atoms with E-state index in [1.54, 1.807) is 11.0 Å². The topological polar surface area (TPSA) is 47.9 Å². The highest BCUT2D eigenvalue weighted by Crippen LogP contribution is 2.27. The molecule has 0 radical (unpaired) electrons. The number of guanidine groups is 1. The maximum absolute atomic E-state index is 13.4. The summed E-state index contributed by atoms with van der Waals surface area (Å²) in [5, 5.41) is 3.19. The van der Waals surface area contributed by atoms with Crippen LogP contribution in [0.4, 0.5) is 10.1 Å². The van der Waals surface area contributed by atoms with Crippen molar-refractivity contribution in [2.24, 2.45) is 4.99 Å². The Morgan fingerprint density at radius 1 is 1.25 bits per heavy atom. The number of nitrogens with one attached hydrogen (secondary N) is 1. The zero-order valence-corrected chi connectivity index (χ0v) is 18.5. The van der Waals surface area contributed by atoms with Gasteiger partial charge in [0.2, 0.25) is 5.91 Å². The Balaban J connectivity index is 0.00000280. The maximum Gasteiger partial charge on any atom is 0.248 e. The molecule has 0 aromatic heterocycles. The van der Waals surface area contributed by atoms with Crippen LogP contribution in [0, 0.1) is 5.82 Å². The summed E-state index contributed by atoms with van der Waals surface area (Å²) in [6.45, 7) is 3.94. The van der Waals surface area contributed by atoms with E-state index in [1.807, 2.05) is 43.1 Å². The van der Waals surface area contributed by atoms with Crippen LogP contribution in [0.3, 0.4) is 0 Å². The van der Waals surface area contributed by atoms with Gasteiger partial charge in [-0.1, -0.05) is 30.3 Å². The number of halogens is 2. The molecule has 0 fully saturated rings. The van der Waals surface area contributed by atoms with Gasteiger partial charge in [-0.15, -0.1) is 24.0 Å². The number of amides is 1. The van der Waals surface area contributed by atoms with Crippen LogP contribution < -0.4 is 10.2 Å². The van der Waals surface area contributed by atoms with Crippen molar-refractivity contribution in [1.29, 1.82) is 0 Å². The molecule has 5 nitrogen and oxygen atoms in total. The lowest BCUT2D eigenvalue weighted by Gasteiger charge is -2.23. The van der Waals surface area contributed by atoms with E-state index in [1.165, 1.54) is 17.7 Å². The standard InChI is InChI=1S/C21H25FN4O.HI/c1-3-23-21(25(2)15-16-7-6-9-18(22)13-16)24-14-20(27)26-12-11-17-8-4-5-10-19(17)26;/h4-10,13H,3,11-12,14-15H2,1-2H3,(H,23,24);1H. The second kappa shape index (κ2) is 10.4. The normalized spacial score (nSPS) is 13.0. The average Bonchev–Trinajstić information content (AvgIpc) is 3.09. The lowest BCUT2D eigenvalue weighted by atomic mass is 10.2. The summed E-state index contributed by atoms with van der Waals surface area (Å²) in [5.41, 5.74) is 3.03. The molecule has 0 saturated heterocycles. The van der Waals surface area contributed by atoms with Crippen molar-refractivity contribution >= 4 is 41.5 Å². The second-order valence-electron chi connectivity index (χ2n) is 6.58. The zero-order valence-electron chi connectivity index (χ0n) is 16.2. The fraction of sp³-hybridized carbons (Fsp3) is 0.333. The van der Waals surface area contributed by atoms with E-state index >= 15 is 0 Å². The summed E-state index contributed by atoms with van der Waals surface area (Å²) in [6, 6.07) is 14.5. The first-order valence-corrected chi connectivity index (χ1v) is 9.20. The largest absolute Gasteiger partial charge is 0.357 e. The molecule has 1 heterocycles. The quantitative estimate of drug-likeness (QED) is 0.392. The molecule has 1 aliphatic heterocycles. The molecule has 1 aliphatic rings. The molecule has 7 heteroatoms. The summed E-state index contributed by atoms with van der Waals surface area (Å²) >= 11 is 0. The molecule has 1 N–H and O–H groups in total. The van der Waals surface area contributed by atoms with Gasteiger partial charge in [0.15, 0.2) is 5.96 Å². The van der Waals surface area contributed by atoms with Gasteiger partial charge < -0.3 is 15.1 Å². The van der Waals surface area contributed by atoms with Crippen LogP contribution >= 0.6 is 24.0 Å². The zero-order chi connectivity index (χ0) is 19.2. The molecule has 28 heavy (non-hydrogen) atoms. The SMILES string of the molecule is CCNC(=NCC(=O)N1CCc2ccccc21)N(C)Cc1cccc(F)c1.I. The minimum absolute atomic E-state index is 0. The predicted octanol–water partition coefficient (Wildman–Crippen LogP) is 3.43. The van der Waals surface area contributed by atoms with E-state index in [4.69, 9.17) is 0 Å². The third kappa shape index (κ3) is 5.43. The van der Waals surface area contributed by atoms with Gasteiger partial charge in [-0.25, -0.2) is 9.38 Å². The number of nitrogens with zero attached hydrogens (tertiary/aromatic N) is 3. The van der Waals surface area contributed by atoms with Gasteiger partial charge >= 0.3 is 0 Å². The average molecular weight is 496 g/mol. The first kappa shape index (κ1) is 22.1. The van der Waals surface area contributed by atoms with Crippen LogP contribution in [0.1, 0.15) is 18.1 Å². The summed E-state index contributed by atoms with van der Waals surface area (Å²) in [4.78, 5) is 20.9. The lowest BCUT2D eigenvalue weighted by molar-refractivity contribution is -0.117. The molecule has 2 aromatic rings. The van der Waals surface area contributed by atoms with Gasteiger partial charge in [-0.3, -0.25) is 4.79 Å². The molecule has 0 atom stereocenters. The number of para-hydroxylation sites is 1. The Hall–Kier alpha value is -2.16. The first-order chi connectivity index (χ1) is 13.1. The van der Waals surface area contributed by atoms with Crippen LogP contribution in [0.25, 0.3) is 0 Å². The van der Waals surface area contributed by atoms with Gasteiger partial charge in [-0.2, -0.15) is 0 Å². The Bertz CT molecular complexity index is 843. The molecule has 150 valence electrons. The minimum atomic E-state index is -0.259. The van der Waals surface area contributed by atoms with Crippen LogP contribution in [-0.4, -0.2) is 43.4 Å². The molecule has 0 unspecified atom stereocenters. The third-order valence-electron chi connectivity index (χ3n) is 4.56. The van der Waals surface area contributed by atoms with E-state index in [2.05, 4.69) is 16.4 Å². The van der Waals surface area contributed by atoms with Crippen molar-refractivity contribution in [3.8, 4) is 0 Å². The van der Waals surface area contributed by atoms with Gasteiger partial charge in [0.05, 0.1) is 0 Å². The number of anilines is 1. The van der Waals surface area contributed by atoms with Gasteiger partial charge in [-0.05, 0) is 42.7 Å². The molecule has 0 saturated carbocycles. The van der Waals surface area contributed by atoms with E-state index < -0.39 is 0 Å². The Labute approximate surface area is 182 Å². The van der Waals surface area contributed by atoms with Crippen molar-refractivity contribution in [2.75, 3.05) is 31.6 Å². The molecule has 0 spiro atoms. The van der Waals surface area contributed by atoms with E-state index in [0.29, 0.717) is 25.6 Å². The number of carbonyl (C=O) groups excluding carboxylic acids is 1. The molecule has 0 aliphatic carbocycles. The second-order valence-corrected chi connectivity index (χ2v) is 6.58. The van der Waals surface area contributed by atoms with Gasteiger partial charge in [0.25, 0.3) is 0 Å². The molecule has 3 rings (SSSR count). The van der Waals surface area contributed by atoms with Crippen LogP contribution in [0.15, 0.2) is 53.5 Å². The monoisotopic (exact) mass is 496 g/mol. The fourth-order valence-electron chi connectivity index (χ4n) is 3.28. The number of hydrogen-bond donors (Lipinski definition) is 1. The van der Waals surface area contributed by atoms with Crippen LogP contribution in [-0.2, 0) is 17.8 Å². The predicted molar refractivity (Wildman–Crippen MR) is 122 cm³/mol. The number of hydrogen-bond acceptors (Lipinski definition) is 2. The molecule has 2 aromatic carbocycles. The smallest absolute Gasteiger partial charge is 0.248 e. The van der Waals surface area contributed by atoms with Gasteiger partial charge in [0, 0.05) is 32.4 Å². The highest BCUT2D eigenvalue weighted by Gasteiger charge is 2.23. The van der Waals surface area contributed by atoms with Crippen molar-refractivity contribution in [3.63, 3.8) is 0 Å². The van der Waals surface area contributed by atoms with Crippen molar-refractivity contribution in [2.45, 2.75) is 19.9 Å². The number of carbonyl (C=O) groups is 1. The Morgan fingerprint density at radius 3 is 2.79 bits per heavy atom. The third-order valence-corrected chi connectivity index (χ3v) is 4.56. The summed E-state index contributed by atoms with van der Waals surface area (Å²) in [5.74, 6) is 0.350. The Morgan fingerprint density at radius 2 is 2.04 bits per heavy atom. The fourth-order valence-corrected chi connectivity index (χ4v) is 3.28. The van der Waals surface area contributed by atoms with E-state index in [0.717, 1.165) is 17.7 Å². The van der Waals surface area contributed by atoms with Crippen molar-refractivity contribution < 1.29 is 9.18 Å². The molecule has 0 bridgehead atoms. The molecular formula is C21H26FIN4O. The number of aliphatic imine (C=N–C) groups is 1. The summed E-state index contributed by atoms with van der Waals surface area (Å²) in [7, 11) is 1.88. The molecular weight excluding hydrogens is 470 g/mol. The highest BCUT2D eigenvalue weighted by atomic mass is 127. The summed E-state index contributed by atoms with van der Waals surface area (Å²) in [6.07, 6.45) is 0.880. The summed E-state index contributed by atoms with van der Waals surface area (Å²) < 4.78 is 13.4. The first-order valence-electron chi connectivity index (χ1n) is 9.20. The lowest BCUT2D eigenvalue weighted by Crippen LogP contribution is -2.40. The van der Waals surface area contributed by atoms with Crippen LogP contribution in [0.5, 0.6) is 0 Å². The highest BCUT2D eigenvalue weighted by molar-refractivity contribution is 14.0. The Kier molecular flexibility index (Phi) is 8.22. The molecule has 1 amide bonds. The van der Waals surface area contributed by atoms with Crippen molar-refractivity contribution in [1.82, 2.24) is 10.2 Å². The maximum atomic E-state index is 13.4. The van der Waals surface area contributed by atoms with E-state index in [9.17, 15) is 9.18 Å². The minimum Gasteiger partial charge on any atom is -0.357 e.